The first-order chi connectivity index (χ1) is 11.7. The molecule has 1 aliphatic heterocycles. The van der Waals surface area contributed by atoms with Gasteiger partial charge in [-0.25, -0.2) is 4.90 Å². The fourth-order valence-corrected chi connectivity index (χ4v) is 2.89. The smallest absolute Gasteiger partial charge is 0.258 e. The average Bonchev–Trinajstić information content (AvgIpc) is 2.94. The van der Waals surface area contributed by atoms with Crippen LogP contribution in [-0.2, 0) is 9.59 Å². The maximum atomic E-state index is 12.2. The Hall–Kier alpha value is -3.40. The molecule has 1 aliphatic rings. The zero-order valence-corrected chi connectivity index (χ0v) is 12.8. The second-order valence-corrected chi connectivity index (χ2v) is 5.52. The average molecular weight is 314 g/mol. The Morgan fingerprint density at radius 3 is 2.12 bits per heavy atom. The van der Waals surface area contributed by atoms with Gasteiger partial charge in [0.15, 0.2) is 0 Å². The lowest BCUT2D eigenvalue weighted by molar-refractivity contribution is -0.119. The second kappa shape index (κ2) is 5.66. The van der Waals surface area contributed by atoms with Gasteiger partial charge in [-0.1, -0.05) is 48.5 Å². The number of amides is 2. The number of hydrogen-bond acceptors (Lipinski definition) is 3. The summed E-state index contributed by atoms with van der Waals surface area (Å²) in [5.74, 6) is -0.653. The van der Waals surface area contributed by atoms with Crippen LogP contribution in [0, 0.1) is 0 Å². The van der Waals surface area contributed by atoms with Crippen LogP contribution in [0.5, 0.6) is 0 Å². The van der Waals surface area contributed by atoms with E-state index in [-0.39, 0.29) is 11.8 Å². The third-order valence-corrected chi connectivity index (χ3v) is 3.99. The molecule has 0 aliphatic carbocycles. The molecular formula is C20H14N2O2. The quantitative estimate of drug-likeness (QED) is 0.743. The SMILES string of the molecule is O=C1C=CC(=O)N1c1c(Nc2ccccc2)ccc2ccccc12. The molecule has 0 atom stereocenters. The number of rotatable bonds is 3. The van der Waals surface area contributed by atoms with Crippen LogP contribution >= 0.6 is 0 Å². The molecule has 0 spiro atoms. The highest BCUT2D eigenvalue weighted by Crippen LogP contribution is 2.37. The molecule has 1 heterocycles. The van der Waals surface area contributed by atoms with E-state index in [0.29, 0.717) is 11.4 Å². The Kier molecular flexibility index (Phi) is 3.35. The number of nitrogens with zero attached hydrogens (tertiary/aromatic N) is 1. The van der Waals surface area contributed by atoms with Crippen molar-refractivity contribution in [2.24, 2.45) is 0 Å². The van der Waals surface area contributed by atoms with Crippen LogP contribution < -0.4 is 10.2 Å². The minimum absolute atomic E-state index is 0.326. The summed E-state index contributed by atoms with van der Waals surface area (Å²) in [6.07, 6.45) is 2.60. The lowest BCUT2D eigenvalue weighted by atomic mass is 10.1. The third kappa shape index (κ3) is 2.34. The summed E-state index contributed by atoms with van der Waals surface area (Å²) in [5, 5.41) is 5.13. The molecule has 116 valence electrons. The first-order valence-electron chi connectivity index (χ1n) is 7.64. The fourth-order valence-electron chi connectivity index (χ4n) is 2.89. The molecule has 0 saturated heterocycles. The summed E-state index contributed by atoms with van der Waals surface area (Å²) in [7, 11) is 0. The highest BCUT2D eigenvalue weighted by atomic mass is 16.2. The summed E-state index contributed by atoms with van der Waals surface area (Å²) < 4.78 is 0. The first kappa shape index (κ1) is 14.2. The Bertz CT molecular complexity index is 959. The molecule has 3 aromatic rings. The lowest BCUT2D eigenvalue weighted by Gasteiger charge is -2.21. The molecule has 4 rings (SSSR count). The highest BCUT2D eigenvalue weighted by molar-refractivity contribution is 6.31. The molecule has 3 aromatic carbocycles. The normalized spacial score (nSPS) is 13.8. The summed E-state index contributed by atoms with van der Waals surface area (Å²) in [6.45, 7) is 0. The molecular weight excluding hydrogens is 300 g/mol. The van der Waals surface area contributed by atoms with E-state index in [9.17, 15) is 9.59 Å². The van der Waals surface area contributed by atoms with Crippen molar-refractivity contribution in [3.05, 3.63) is 78.9 Å². The largest absolute Gasteiger partial charge is 0.354 e. The van der Waals surface area contributed by atoms with E-state index in [0.717, 1.165) is 16.5 Å². The fraction of sp³-hybridized carbons (Fsp3) is 0. The van der Waals surface area contributed by atoms with Crippen LogP contribution in [0.2, 0.25) is 0 Å². The van der Waals surface area contributed by atoms with Crippen LogP contribution in [0.25, 0.3) is 10.8 Å². The van der Waals surface area contributed by atoms with E-state index in [1.165, 1.54) is 17.1 Å². The van der Waals surface area contributed by atoms with Crippen molar-refractivity contribution in [2.75, 3.05) is 10.2 Å². The molecule has 0 bridgehead atoms. The van der Waals surface area contributed by atoms with Gasteiger partial charge in [0.1, 0.15) is 0 Å². The zero-order chi connectivity index (χ0) is 16.5. The Morgan fingerprint density at radius 1 is 0.708 bits per heavy atom. The van der Waals surface area contributed by atoms with Crippen molar-refractivity contribution in [1.82, 2.24) is 0 Å². The zero-order valence-electron chi connectivity index (χ0n) is 12.8. The van der Waals surface area contributed by atoms with Crippen molar-refractivity contribution in [2.45, 2.75) is 0 Å². The molecule has 0 radical (unpaired) electrons. The summed E-state index contributed by atoms with van der Waals surface area (Å²) in [5.41, 5.74) is 2.18. The molecule has 0 fully saturated rings. The minimum Gasteiger partial charge on any atom is -0.354 e. The van der Waals surface area contributed by atoms with Crippen molar-refractivity contribution in [3.63, 3.8) is 0 Å². The van der Waals surface area contributed by atoms with Gasteiger partial charge in [-0.2, -0.15) is 0 Å². The number of imide groups is 1. The standard InChI is InChI=1S/C20H14N2O2/c23-18-12-13-19(24)22(18)20-16-9-5-4-6-14(16)10-11-17(20)21-15-7-2-1-3-8-15/h1-13,21H. The predicted molar refractivity (Wildman–Crippen MR) is 95.3 cm³/mol. The van der Waals surface area contributed by atoms with Crippen molar-refractivity contribution in [3.8, 4) is 0 Å². The van der Waals surface area contributed by atoms with E-state index >= 15 is 0 Å². The monoisotopic (exact) mass is 314 g/mol. The molecule has 1 N–H and O–H groups in total. The number of para-hydroxylation sites is 1. The number of fused-ring (bicyclic) bond motifs is 1. The summed E-state index contributed by atoms with van der Waals surface area (Å²) in [4.78, 5) is 25.7. The third-order valence-electron chi connectivity index (χ3n) is 3.99. The van der Waals surface area contributed by atoms with Gasteiger partial charge >= 0.3 is 0 Å². The van der Waals surface area contributed by atoms with Gasteiger partial charge in [0, 0.05) is 23.2 Å². The van der Waals surface area contributed by atoms with Gasteiger partial charge in [0.2, 0.25) is 0 Å². The van der Waals surface area contributed by atoms with Crippen molar-refractivity contribution in [1.29, 1.82) is 0 Å². The number of hydrogen-bond donors (Lipinski definition) is 1. The Labute approximate surface area is 139 Å². The van der Waals surface area contributed by atoms with Gasteiger partial charge in [0.25, 0.3) is 11.8 Å². The van der Waals surface area contributed by atoms with Gasteiger partial charge in [-0.05, 0) is 23.6 Å². The number of anilines is 3. The summed E-state index contributed by atoms with van der Waals surface area (Å²) >= 11 is 0. The Balaban J connectivity index is 1.92. The lowest BCUT2D eigenvalue weighted by Crippen LogP contribution is -2.30. The highest BCUT2D eigenvalue weighted by Gasteiger charge is 2.29. The molecule has 4 heteroatoms. The first-order valence-corrected chi connectivity index (χ1v) is 7.64. The van der Waals surface area contributed by atoms with Gasteiger partial charge < -0.3 is 5.32 Å². The van der Waals surface area contributed by atoms with E-state index in [2.05, 4.69) is 5.32 Å². The van der Waals surface area contributed by atoms with Crippen LogP contribution in [0.3, 0.4) is 0 Å². The van der Waals surface area contributed by atoms with Gasteiger partial charge in [0.05, 0.1) is 11.4 Å². The van der Waals surface area contributed by atoms with Crippen molar-refractivity contribution < 1.29 is 9.59 Å². The number of carbonyl (C=O) groups excluding carboxylic acids is 2. The van der Waals surface area contributed by atoms with Crippen molar-refractivity contribution >= 4 is 39.6 Å². The second-order valence-electron chi connectivity index (χ2n) is 5.52. The van der Waals surface area contributed by atoms with Crippen LogP contribution in [0.4, 0.5) is 17.1 Å². The minimum atomic E-state index is -0.326. The van der Waals surface area contributed by atoms with Crippen LogP contribution in [0.15, 0.2) is 78.9 Å². The molecule has 0 aromatic heterocycles. The van der Waals surface area contributed by atoms with Crippen LogP contribution in [0.1, 0.15) is 0 Å². The molecule has 2 amide bonds. The van der Waals surface area contributed by atoms with E-state index in [1.807, 2.05) is 66.7 Å². The number of benzene rings is 3. The summed E-state index contributed by atoms with van der Waals surface area (Å²) in [6, 6.07) is 21.2. The van der Waals surface area contributed by atoms with E-state index in [4.69, 9.17) is 0 Å². The predicted octanol–water partition coefficient (Wildman–Crippen LogP) is 4.01. The Morgan fingerprint density at radius 2 is 1.38 bits per heavy atom. The van der Waals surface area contributed by atoms with Gasteiger partial charge in [-0.15, -0.1) is 0 Å². The topological polar surface area (TPSA) is 49.4 Å². The molecule has 24 heavy (non-hydrogen) atoms. The van der Waals surface area contributed by atoms with Gasteiger partial charge in [-0.3, -0.25) is 9.59 Å². The molecule has 0 saturated carbocycles. The van der Waals surface area contributed by atoms with E-state index in [1.54, 1.807) is 0 Å². The number of nitrogens with one attached hydrogen (secondary N) is 1. The maximum absolute atomic E-state index is 12.2. The maximum Gasteiger partial charge on any atom is 0.258 e. The molecule has 4 nitrogen and oxygen atoms in total. The van der Waals surface area contributed by atoms with E-state index < -0.39 is 0 Å². The number of carbonyl (C=O) groups is 2. The van der Waals surface area contributed by atoms with Crippen LogP contribution in [-0.4, -0.2) is 11.8 Å². The molecule has 0 unspecified atom stereocenters.